The van der Waals surface area contributed by atoms with E-state index in [1.807, 2.05) is 13.8 Å². The Hall–Kier alpha value is -1.81. The van der Waals surface area contributed by atoms with Crippen LogP contribution in [0.3, 0.4) is 0 Å². The number of nitrogens with one attached hydrogen (secondary N) is 1. The first-order chi connectivity index (χ1) is 15.0. The summed E-state index contributed by atoms with van der Waals surface area (Å²) in [4.78, 5) is 0.185. The zero-order valence-electron chi connectivity index (χ0n) is 18.5. The molecule has 0 aliphatic carbocycles. The Morgan fingerprint density at radius 2 is 1.81 bits per heavy atom. The van der Waals surface area contributed by atoms with Crippen LogP contribution in [-0.2, 0) is 20.0 Å². The van der Waals surface area contributed by atoms with E-state index in [4.69, 9.17) is 11.6 Å². The molecule has 2 aromatic rings. The third-order valence-electron chi connectivity index (χ3n) is 5.29. The van der Waals surface area contributed by atoms with Crippen molar-refractivity contribution in [3.05, 3.63) is 53.6 Å². The lowest BCUT2D eigenvalue weighted by atomic mass is 10.1. The van der Waals surface area contributed by atoms with Gasteiger partial charge in [0.25, 0.3) is 10.0 Å². The van der Waals surface area contributed by atoms with Crippen molar-refractivity contribution in [3.8, 4) is 0 Å². The van der Waals surface area contributed by atoms with Crippen LogP contribution in [-0.4, -0.2) is 53.1 Å². The predicted octanol–water partition coefficient (Wildman–Crippen LogP) is 4.03. The summed E-state index contributed by atoms with van der Waals surface area (Å²) < 4.78 is 53.4. The molecule has 0 aromatic heterocycles. The molecule has 0 unspecified atom stereocenters. The Morgan fingerprint density at radius 3 is 2.41 bits per heavy atom. The van der Waals surface area contributed by atoms with Crippen molar-refractivity contribution < 1.29 is 16.8 Å². The number of anilines is 2. The molecule has 1 heterocycles. The second kappa shape index (κ2) is 9.99. The zero-order valence-corrected chi connectivity index (χ0v) is 20.9. The molecule has 0 spiro atoms. The lowest BCUT2D eigenvalue weighted by Gasteiger charge is -2.32. The first-order valence-electron chi connectivity index (χ1n) is 10.6. The minimum absolute atomic E-state index is 0.0233. The van der Waals surface area contributed by atoms with Crippen LogP contribution >= 0.6 is 11.6 Å². The molecule has 1 saturated heterocycles. The summed E-state index contributed by atoms with van der Waals surface area (Å²) in [6, 6.07) is 13.4. The molecule has 1 N–H and O–H groups in total. The Labute approximate surface area is 196 Å². The highest BCUT2D eigenvalue weighted by Crippen LogP contribution is 2.28. The maximum absolute atomic E-state index is 13.4. The fraction of sp³-hybridized carbons (Fsp3) is 0.455. The molecule has 1 atom stereocenters. The molecular weight excluding hydrogens is 470 g/mol. The zero-order chi connectivity index (χ0) is 23.5. The lowest BCUT2D eigenvalue weighted by Crippen LogP contribution is -2.44. The van der Waals surface area contributed by atoms with Crippen LogP contribution in [0.2, 0.25) is 5.02 Å². The van der Waals surface area contributed by atoms with Crippen molar-refractivity contribution in [2.24, 2.45) is 5.92 Å². The summed E-state index contributed by atoms with van der Waals surface area (Å²) in [5.41, 5.74) is 1.28. The van der Waals surface area contributed by atoms with Crippen LogP contribution in [0.5, 0.6) is 0 Å². The largest absolute Gasteiger partial charge is 0.381 e. The normalized spacial score (nSPS) is 18.0. The molecule has 2 aromatic carbocycles. The quantitative estimate of drug-likeness (QED) is 0.592. The SMILES string of the molecule is CC(C)CN(c1cccc(Cl)c1)S(=O)(=O)c1ccc(N[C@H]2CCCN(S(C)(=O)=O)C2)cc1. The number of nitrogens with zero attached hydrogens (tertiary/aromatic N) is 2. The van der Waals surface area contributed by atoms with Crippen molar-refractivity contribution in [2.75, 3.05) is 35.5 Å². The second-order valence-electron chi connectivity index (χ2n) is 8.54. The van der Waals surface area contributed by atoms with Gasteiger partial charge in [-0.2, -0.15) is 0 Å². The van der Waals surface area contributed by atoms with Gasteiger partial charge in [0.1, 0.15) is 0 Å². The van der Waals surface area contributed by atoms with Gasteiger partial charge in [0, 0.05) is 36.4 Å². The molecule has 32 heavy (non-hydrogen) atoms. The Kier molecular flexibility index (Phi) is 7.75. The number of benzene rings is 2. The highest BCUT2D eigenvalue weighted by Gasteiger charge is 2.27. The highest BCUT2D eigenvalue weighted by atomic mass is 35.5. The third kappa shape index (κ3) is 6.15. The van der Waals surface area contributed by atoms with Crippen LogP contribution in [0, 0.1) is 5.92 Å². The molecular formula is C22H30ClN3O4S2. The average molecular weight is 500 g/mol. The highest BCUT2D eigenvalue weighted by molar-refractivity contribution is 7.92. The number of sulfonamides is 2. The van der Waals surface area contributed by atoms with Crippen molar-refractivity contribution in [1.82, 2.24) is 4.31 Å². The fourth-order valence-electron chi connectivity index (χ4n) is 3.75. The molecule has 0 amide bonds. The number of piperidine rings is 1. The van der Waals surface area contributed by atoms with E-state index >= 15 is 0 Å². The molecule has 1 fully saturated rings. The van der Waals surface area contributed by atoms with E-state index in [-0.39, 0.29) is 16.9 Å². The number of halogens is 1. The van der Waals surface area contributed by atoms with Crippen molar-refractivity contribution in [2.45, 2.75) is 37.6 Å². The first-order valence-corrected chi connectivity index (χ1v) is 14.2. The van der Waals surface area contributed by atoms with Gasteiger partial charge in [-0.15, -0.1) is 0 Å². The Morgan fingerprint density at radius 1 is 1.12 bits per heavy atom. The van der Waals surface area contributed by atoms with E-state index in [1.165, 1.54) is 14.9 Å². The van der Waals surface area contributed by atoms with Gasteiger partial charge in [-0.25, -0.2) is 21.1 Å². The average Bonchev–Trinajstić information content (AvgIpc) is 2.72. The minimum Gasteiger partial charge on any atom is -0.381 e. The van der Waals surface area contributed by atoms with Gasteiger partial charge >= 0.3 is 0 Å². The van der Waals surface area contributed by atoms with Gasteiger partial charge in [0.05, 0.1) is 16.8 Å². The van der Waals surface area contributed by atoms with Crippen LogP contribution < -0.4 is 9.62 Å². The van der Waals surface area contributed by atoms with Crippen LogP contribution in [0.4, 0.5) is 11.4 Å². The second-order valence-corrected chi connectivity index (χ2v) is 12.8. The molecule has 0 radical (unpaired) electrons. The van der Waals surface area contributed by atoms with E-state index in [0.29, 0.717) is 30.3 Å². The van der Waals surface area contributed by atoms with Gasteiger partial charge in [-0.3, -0.25) is 4.31 Å². The van der Waals surface area contributed by atoms with Gasteiger partial charge in [-0.05, 0) is 61.2 Å². The van der Waals surface area contributed by atoms with Gasteiger partial charge in [0.2, 0.25) is 10.0 Å². The smallest absolute Gasteiger partial charge is 0.264 e. The van der Waals surface area contributed by atoms with E-state index in [9.17, 15) is 16.8 Å². The number of hydrogen-bond donors (Lipinski definition) is 1. The summed E-state index contributed by atoms with van der Waals surface area (Å²) in [7, 11) is -7.01. The van der Waals surface area contributed by atoms with Gasteiger partial charge in [-0.1, -0.05) is 31.5 Å². The summed E-state index contributed by atoms with van der Waals surface area (Å²) in [6.45, 7) is 5.18. The minimum atomic E-state index is -3.78. The van der Waals surface area contributed by atoms with Gasteiger partial charge < -0.3 is 5.32 Å². The Balaban J connectivity index is 1.80. The van der Waals surface area contributed by atoms with Crippen molar-refractivity contribution in [3.63, 3.8) is 0 Å². The molecule has 7 nitrogen and oxygen atoms in total. The molecule has 1 aliphatic rings. The van der Waals surface area contributed by atoms with Crippen LogP contribution in [0.1, 0.15) is 26.7 Å². The number of rotatable bonds is 8. The lowest BCUT2D eigenvalue weighted by molar-refractivity contribution is 0.329. The summed E-state index contributed by atoms with van der Waals surface area (Å²) in [5.74, 6) is 0.119. The van der Waals surface area contributed by atoms with Crippen molar-refractivity contribution >= 4 is 43.0 Å². The predicted molar refractivity (Wildman–Crippen MR) is 130 cm³/mol. The maximum atomic E-state index is 13.4. The molecule has 10 heteroatoms. The molecule has 176 valence electrons. The fourth-order valence-corrected chi connectivity index (χ4v) is 6.47. The molecule has 3 rings (SSSR count). The van der Waals surface area contributed by atoms with Crippen LogP contribution in [0.15, 0.2) is 53.4 Å². The standard InChI is InChI=1S/C22H30ClN3O4S2/c1-17(2)15-26(21-8-4-6-18(23)14-21)32(29,30)22-11-9-19(10-12-22)24-20-7-5-13-25(16-20)31(3,27)28/h4,6,8-12,14,17,20,24H,5,7,13,15-16H2,1-3H3/t20-/m0/s1. The van der Waals surface area contributed by atoms with Crippen LogP contribution in [0.25, 0.3) is 0 Å². The first kappa shape index (κ1) is 24.8. The van der Waals surface area contributed by atoms with Crippen molar-refractivity contribution in [1.29, 1.82) is 0 Å². The van der Waals surface area contributed by atoms with E-state index in [0.717, 1.165) is 18.5 Å². The maximum Gasteiger partial charge on any atom is 0.264 e. The molecule has 0 saturated carbocycles. The van der Waals surface area contributed by atoms with Gasteiger partial charge in [0.15, 0.2) is 0 Å². The molecule has 1 aliphatic heterocycles. The topological polar surface area (TPSA) is 86.8 Å². The van der Waals surface area contributed by atoms with E-state index in [1.54, 1.807) is 48.5 Å². The summed E-state index contributed by atoms with van der Waals surface area (Å²) in [5, 5.41) is 3.80. The molecule has 0 bridgehead atoms. The van der Waals surface area contributed by atoms with E-state index in [2.05, 4.69) is 5.32 Å². The van der Waals surface area contributed by atoms with E-state index < -0.39 is 20.0 Å². The summed E-state index contributed by atoms with van der Waals surface area (Å²) >= 11 is 6.10. The third-order valence-corrected chi connectivity index (χ3v) is 8.61. The monoisotopic (exact) mass is 499 g/mol. The number of hydrogen-bond acceptors (Lipinski definition) is 5. The Bertz CT molecular complexity index is 1140. The summed E-state index contributed by atoms with van der Waals surface area (Å²) in [6.07, 6.45) is 2.85.